The third-order valence-corrected chi connectivity index (χ3v) is 5.46. The summed E-state index contributed by atoms with van der Waals surface area (Å²) in [6.45, 7) is 7.19. The molecule has 7 heteroatoms. The number of anilines is 1. The lowest BCUT2D eigenvalue weighted by Crippen LogP contribution is -2.30. The molecule has 0 radical (unpaired) electrons. The van der Waals surface area contributed by atoms with Crippen molar-refractivity contribution in [1.82, 2.24) is 0 Å². The lowest BCUT2D eigenvalue weighted by Gasteiger charge is -2.17. The van der Waals surface area contributed by atoms with Crippen LogP contribution in [0.15, 0.2) is 47.4 Å². The zero-order chi connectivity index (χ0) is 21.1. The largest absolute Gasteiger partial charge is 0.449 e. The number of hydrogen-bond acceptors (Lipinski definition) is 5. The van der Waals surface area contributed by atoms with Gasteiger partial charge in [-0.25, -0.2) is 13.2 Å². The molecule has 1 amide bonds. The number of para-hydroxylation sites is 1. The lowest BCUT2D eigenvalue weighted by atomic mass is 10.0. The summed E-state index contributed by atoms with van der Waals surface area (Å²) >= 11 is 0. The Bertz CT molecular complexity index is 996. The number of carbonyl (C=O) groups is 2. The third-order valence-electron chi connectivity index (χ3n) is 4.35. The number of rotatable bonds is 6. The van der Waals surface area contributed by atoms with Crippen molar-refractivity contribution < 1.29 is 22.7 Å². The summed E-state index contributed by atoms with van der Waals surface area (Å²) in [5.74, 6) is -0.989. The summed E-state index contributed by atoms with van der Waals surface area (Å²) in [5.41, 5.74) is 2.33. The molecule has 1 N–H and O–H groups in total. The Labute approximate surface area is 165 Å². The highest BCUT2D eigenvalue weighted by Crippen LogP contribution is 2.24. The van der Waals surface area contributed by atoms with E-state index < -0.39 is 27.8 Å². The molecule has 0 spiro atoms. The molecule has 0 saturated carbocycles. The first-order valence-electron chi connectivity index (χ1n) is 8.92. The fourth-order valence-corrected chi connectivity index (χ4v) is 3.33. The Morgan fingerprint density at radius 2 is 1.68 bits per heavy atom. The van der Waals surface area contributed by atoms with Gasteiger partial charge in [-0.05, 0) is 49.1 Å². The van der Waals surface area contributed by atoms with Gasteiger partial charge in [-0.1, -0.05) is 38.1 Å². The van der Waals surface area contributed by atoms with Crippen LogP contribution in [0.4, 0.5) is 5.69 Å². The number of nitrogens with one attached hydrogen (secondary N) is 1. The summed E-state index contributed by atoms with van der Waals surface area (Å²) in [5, 5.41) is 2.79. The number of esters is 1. The molecule has 0 fully saturated rings. The molecule has 28 heavy (non-hydrogen) atoms. The normalized spacial score (nSPS) is 12.5. The van der Waals surface area contributed by atoms with Crippen LogP contribution in [0.5, 0.6) is 0 Å². The highest BCUT2D eigenvalue weighted by molar-refractivity contribution is 7.90. The maximum atomic E-state index is 12.5. The number of benzene rings is 2. The van der Waals surface area contributed by atoms with Crippen molar-refractivity contribution in [3.05, 3.63) is 59.2 Å². The van der Waals surface area contributed by atoms with Gasteiger partial charge in [-0.2, -0.15) is 0 Å². The molecule has 0 aromatic heterocycles. The molecule has 0 aliphatic carbocycles. The number of amides is 1. The molecule has 0 unspecified atom stereocenters. The van der Waals surface area contributed by atoms with Gasteiger partial charge in [-0.15, -0.1) is 0 Å². The first-order chi connectivity index (χ1) is 13.0. The van der Waals surface area contributed by atoms with Crippen LogP contribution in [0.2, 0.25) is 0 Å². The molecule has 0 heterocycles. The molecule has 0 bridgehead atoms. The average molecular weight is 404 g/mol. The van der Waals surface area contributed by atoms with Gasteiger partial charge in [0.15, 0.2) is 15.9 Å². The fourth-order valence-electron chi connectivity index (χ4n) is 2.68. The van der Waals surface area contributed by atoms with Gasteiger partial charge in [0, 0.05) is 11.9 Å². The molecule has 0 aliphatic rings. The minimum absolute atomic E-state index is 0.0213. The molecular formula is C21H25NO5S. The van der Waals surface area contributed by atoms with E-state index in [4.69, 9.17) is 4.74 Å². The third kappa shape index (κ3) is 5.19. The van der Waals surface area contributed by atoms with Crippen molar-refractivity contribution in [2.75, 3.05) is 11.6 Å². The van der Waals surface area contributed by atoms with E-state index >= 15 is 0 Å². The van der Waals surface area contributed by atoms with Gasteiger partial charge in [0.2, 0.25) is 0 Å². The molecule has 0 saturated heterocycles. The number of sulfone groups is 1. The molecular weight excluding hydrogens is 378 g/mol. The highest BCUT2D eigenvalue weighted by Gasteiger charge is 2.22. The Kier molecular flexibility index (Phi) is 6.61. The fraction of sp³-hybridized carbons (Fsp3) is 0.333. The van der Waals surface area contributed by atoms with E-state index in [1.54, 1.807) is 13.0 Å². The summed E-state index contributed by atoms with van der Waals surface area (Å²) in [4.78, 5) is 25.0. The Morgan fingerprint density at radius 1 is 1.04 bits per heavy atom. The minimum atomic E-state index is -3.46. The van der Waals surface area contributed by atoms with Gasteiger partial charge >= 0.3 is 5.97 Å². The summed E-state index contributed by atoms with van der Waals surface area (Å²) in [6.07, 6.45) is 0.0173. The maximum absolute atomic E-state index is 12.5. The van der Waals surface area contributed by atoms with Crippen molar-refractivity contribution in [3.8, 4) is 0 Å². The second-order valence-electron chi connectivity index (χ2n) is 7.03. The molecule has 1 atom stereocenters. The predicted molar refractivity (Wildman–Crippen MR) is 108 cm³/mol. The number of ether oxygens (including phenoxy) is 1. The van der Waals surface area contributed by atoms with Crippen molar-refractivity contribution in [3.63, 3.8) is 0 Å². The van der Waals surface area contributed by atoms with Crippen LogP contribution in [0.3, 0.4) is 0 Å². The smallest absolute Gasteiger partial charge is 0.339 e. The number of aryl methyl sites for hydroxylation is 1. The van der Waals surface area contributed by atoms with Crippen molar-refractivity contribution >= 4 is 27.4 Å². The van der Waals surface area contributed by atoms with Crippen LogP contribution >= 0.6 is 0 Å². The van der Waals surface area contributed by atoms with E-state index in [0.29, 0.717) is 11.3 Å². The van der Waals surface area contributed by atoms with Gasteiger partial charge in [-0.3, -0.25) is 4.79 Å². The highest BCUT2D eigenvalue weighted by atomic mass is 32.2. The first kappa shape index (κ1) is 21.6. The molecule has 0 aliphatic heterocycles. The van der Waals surface area contributed by atoms with E-state index in [1.807, 2.05) is 32.0 Å². The molecule has 6 nitrogen and oxygen atoms in total. The zero-order valence-corrected chi connectivity index (χ0v) is 17.5. The van der Waals surface area contributed by atoms with Crippen LogP contribution in [0.1, 0.15) is 48.2 Å². The second-order valence-corrected chi connectivity index (χ2v) is 9.04. The van der Waals surface area contributed by atoms with Gasteiger partial charge in [0.05, 0.1) is 10.5 Å². The Balaban J connectivity index is 2.16. The number of carbonyl (C=O) groups excluding carboxylic acids is 2. The van der Waals surface area contributed by atoms with Crippen molar-refractivity contribution in [1.29, 1.82) is 0 Å². The summed E-state index contributed by atoms with van der Waals surface area (Å²) in [7, 11) is -3.46. The summed E-state index contributed by atoms with van der Waals surface area (Å²) < 4.78 is 28.7. The Hall–Kier alpha value is -2.67. The second kappa shape index (κ2) is 8.56. The van der Waals surface area contributed by atoms with Crippen LogP contribution in [0, 0.1) is 6.92 Å². The average Bonchev–Trinajstić information content (AvgIpc) is 2.61. The Morgan fingerprint density at radius 3 is 2.29 bits per heavy atom. The standard InChI is InChI=1S/C21H25NO5S/c1-13(2)17-8-6-7-9-19(17)22-20(23)15(4)27-21(24)18-12-16(28(5,25)26)11-10-14(18)3/h6-13,15H,1-5H3,(H,22,23)/t15-/m0/s1. The SMILES string of the molecule is Cc1ccc(S(C)(=O)=O)cc1C(=O)O[C@@H](C)C(=O)Nc1ccccc1C(C)C. The topological polar surface area (TPSA) is 89.5 Å². The van der Waals surface area contributed by atoms with Crippen molar-refractivity contribution in [2.45, 2.75) is 44.6 Å². The lowest BCUT2D eigenvalue weighted by molar-refractivity contribution is -0.123. The maximum Gasteiger partial charge on any atom is 0.339 e. The molecule has 2 aromatic carbocycles. The van der Waals surface area contributed by atoms with Crippen LogP contribution < -0.4 is 5.32 Å². The zero-order valence-electron chi connectivity index (χ0n) is 16.6. The minimum Gasteiger partial charge on any atom is -0.449 e. The van der Waals surface area contributed by atoms with Gasteiger partial charge in [0.1, 0.15) is 0 Å². The monoisotopic (exact) mass is 403 g/mol. The van der Waals surface area contributed by atoms with Crippen LogP contribution in [-0.4, -0.2) is 32.7 Å². The van der Waals surface area contributed by atoms with E-state index in [2.05, 4.69) is 5.32 Å². The van der Waals surface area contributed by atoms with Gasteiger partial charge < -0.3 is 10.1 Å². The quantitative estimate of drug-likeness (QED) is 0.743. The van der Waals surface area contributed by atoms with Gasteiger partial charge in [0.25, 0.3) is 5.91 Å². The summed E-state index contributed by atoms with van der Waals surface area (Å²) in [6, 6.07) is 11.7. The first-order valence-corrected chi connectivity index (χ1v) is 10.8. The number of hydrogen-bond donors (Lipinski definition) is 1. The van der Waals surface area contributed by atoms with Crippen LogP contribution in [0.25, 0.3) is 0 Å². The van der Waals surface area contributed by atoms with Crippen molar-refractivity contribution in [2.24, 2.45) is 0 Å². The molecule has 2 aromatic rings. The van der Waals surface area contributed by atoms with E-state index in [1.165, 1.54) is 25.1 Å². The predicted octanol–water partition coefficient (Wildman–Crippen LogP) is 3.71. The van der Waals surface area contributed by atoms with E-state index in [9.17, 15) is 18.0 Å². The van der Waals surface area contributed by atoms with E-state index in [0.717, 1.165) is 11.8 Å². The van der Waals surface area contributed by atoms with E-state index in [-0.39, 0.29) is 16.4 Å². The van der Waals surface area contributed by atoms with Crippen LogP contribution in [-0.2, 0) is 19.4 Å². The molecule has 150 valence electrons. The molecule has 2 rings (SSSR count).